The summed E-state index contributed by atoms with van der Waals surface area (Å²) in [5.74, 6) is 0. The second-order valence-electron chi connectivity index (χ2n) is 3.47. The predicted molar refractivity (Wildman–Crippen MR) is 56.3 cm³/mol. The monoisotopic (exact) mass is 168 g/mol. The Morgan fingerprint density at radius 1 is 1.18 bits per heavy atom. The van der Waals surface area contributed by atoms with Crippen molar-refractivity contribution in [2.24, 2.45) is 0 Å². The predicted octanol–water partition coefficient (Wildman–Crippen LogP) is 3.08. The van der Waals surface area contributed by atoms with E-state index in [1.165, 1.54) is 4.91 Å². The maximum Gasteiger partial charge on any atom is -0.0143 e. The third-order valence-electron chi connectivity index (χ3n) is 1.67. The van der Waals surface area contributed by atoms with Crippen molar-refractivity contribution in [2.45, 2.75) is 6.42 Å². The minimum atomic E-state index is -0.515. The van der Waals surface area contributed by atoms with Gasteiger partial charge in [-0.15, -0.1) is 0 Å². The van der Waals surface area contributed by atoms with Crippen LogP contribution in [-0.2, 0) is 0 Å². The molecule has 0 saturated carbocycles. The van der Waals surface area contributed by atoms with E-state index in [1.807, 2.05) is 0 Å². The van der Waals surface area contributed by atoms with E-state index in [1.54, 1.807) is 0 Å². The van der Waals surface area contributed by atoms with Crippen LogP contribution >= 0.6 is 10.0 Å². The lowest BCUT2D eigenvalue weighted by atomic mass is 10.4. The fourth-order valence-electron chi connectivity index (χ4n) is 1.01. The summed E-state index contributed by atoms with van der Waals surface area (Å²) < 4.78 is 0. The van der Waals surface area contributed by atoms with Crippen LogP contribution in [0, 0.1) is 0 Å². The Bertz CT molecular complexity index is 214. The van der Waals surface area contributed by atoms with Crippen LogP contribution in [0.4, 0.5) is 0 Å². The van der Waals surface area contributed by atoms with Gasteiger partial charge in [-0.05, 0) is 30.1 Å². The zero-order valence-corrected chi connectivity index (χ0v) is 8.32. The van der Waals surface area contributed by atoms with Gasteiger partial charge in [0.2, 0.25) is 0 Å². The van der Waals surface area contributed by atoms with Crippen LogP contribution in [0.25, 0.3) is 0 Å². The van der Waals surface area contributed by atoms with Gasteiger partial charge in [0.15, 0.2) is 0 Å². The number of hydrogen-bond donors (Lipinski definition) is 0. The zero-order valence-electron chi connectivity index (χ0n) is 7.50. The summed E-state index contributed by atoms with van der Waals surface area (Å²) >= 11 is 0. The molecule has 0 N–H and O–H groups in total. The molecule has 0 fully saturated rings. The van der Waals surface area contributed by atoms with E-state index >= 15 is 0 Å². The van der Waals surface area contributed by atoms with Crippen molar-refractivity contribution in [1.29, 1.82) is 0 Å². The normalized spacial score (nSPS) is 19.4. The van der Waals surface area contributed by atoms with Gasteiger partial charge in [-0.1, -0.05) is 30.4 Å². The summed E-state index contributed by atoms with van der Waals surface area (Å²) in [6.45, 7) is 0. The average molecular weight is 168 g/mol. The van der Waals surface area contributed by atoms with Gasteiger partial charge in [-0.3, -0.25) is 0 Å². The first-order valence-corrected chi connectivity index (χ1v) is 6.68. The molecule has 0 radical (unpaired) electrons. The van der Waals surface area contributed by atoms with Crippen molar-refractivity contribution in [1.82, 2.24) is 0 Å². The molecule has 1 aliphatic carbocycles. The van der Waals surface area contributed by atoms with Gasteiger partial charge in [0, 0.05) is 0 Å². The molecule has 0 aromatic heterocycles. The first kappa shape index (κ1) is 8.66. The molecule has 0 heterocycles. The maximum atomic E-state index is 2.33. The van der Waals surface area contributed by atoms with Crippen LogP contribution < -0.4 is 0 Å². The van der Waals surface area contributed by atoms with E-state index in [9.17, 15) is 0 Å². The van der Waals surface area contributed by atoms with E-state index in [0.29, 0.717) is 0 Å². The molecular weight excluding hydrogens is 152 g/mol. The van der Waals surface area contributed by atoms with E-state index in [4.69, 9.17) is 0 Å². The van der Waals surface area contributed by atoms with Gasteiger partial charge in [-0.25, -0.2) is 10.0 Å². The maximum absolute atomic E-state index is 2.33. The summed E-state index contributed by atoms with van der Waals surface area (Å²) in [5.41, 5.74) is 0. The molecule has 0 nitrogen and oxygen atoms in total. The van der Waals surface area contributed by atoms with E-state index < -0.39 is 10.0 Å². The number of allylic oxidation sites excluding steroid dienone is 5. The number of hydrogen-bond acceptors (Lipinski definition) is 0. The molecule has 0 saturated heterocycles. The summed E-state index contributed by atoms with van der Waals surface area (Å²) in [6, 6.07) is 0. The lowest BCUT2D eigenvalue weighted by Gasteiger charge is -2.26. The van der Waals surface area contributed by atoms with Gasteiger partial charge < -0.3 is 0 Å². The van der Waals surface area contributed by atoms with Crippen molar-refractivity contribution in [3.8, 4) is 0 Å². The summed E-state index contributed by atoms with van der Waals surface area (Å²) in [4.78, 5) is 1.52. The number of rotatable bonds is 1. The van der Waals surface area contributed by atoms with Crippen LogP contribution in [0.1, 0.15) is 6.42 Å². The Kier molecular flexibility index (Phi) is 2.61. The van der Waals surface area contributed by atoms with Crippen molar-refractivity contribution in [3.63, 3.8) is 0 Å². The summed E-state index contributed by atoms with van der Waals surface area (Å²) in [5, 5.41) is 0. The van der Waals surface area contributed by atoms with Crippen LogP contribution in [0.15, 0.2) is 35.3 Å². The molecule has 0 aromatic carbocycles. The highest BCUT2D eigenvalue weighted by Gasteiger charge is 2.07. The van der Waals surface area contributed by atoms with Gasteiger partial charge in [0.05, 0.1) is 0 Å². The van der Waals surface area contributed by atoms with E-state index in [2.05, 4.69) is 49.1 Å². The minimum Gasteiger partial charge on any atom is -0.224 e. The Balaban J connectivity index is 2.81. The van der Waals surface area contributed by atoms with Gasteiger partial charge >= 0.3 is 0 Å². The van der Waals surface area contributed by atoms with Gasteiger partial charge in [0.25, 0.3) is 0 Å². The van der Waals surface area contributed by atoms with Gasteiger partial charge in [-0.2, -0.15) is 0 Å². The van der Waals surface area contributed by atoms with Crippen molar-refractivity contribution in [3.05, 3.63) is 35.3 Å². The highest BCUT2D eigenvalue weighted by Crippen LogP contribution is 2.45. The quantitative estimate of drug-likeness (QED) is 0.564. The van der Waals surface area contributed by atoms with Crippen molar-refractivity contribution >= 4 is 10.0 Å². The van der Waals surface area contributed by atoms with Crippen molar-refractivity contribution < 1.29 is 0 Å². The Hall–Kier alpha value is -0.430. The molecule has 1 heteroatoms. The minimum absolute atomic E-state index is 0.515. The molecule has 0 aromatic rings. The fourth-order valence-corrected chi connectivity index (χ4v) is 2.10. The Morgan fingerprint density at radius 2 is 1.91 bits per heavy atom. The fraction of sp³-hybridized carbons (Fsp3) is 0.400. The highest BCUT2D eigenvalue weighted by molar-refractivity contribution is 8.35. The van der Waals surface area contributed by atoms with Crippen LogP contribution in [0.2, 0.25) is 0 Å². The highest BCUT2D eigenvalue weighted by atomic mass is 32.3. The second-order valence-corrected chi connectivity index (χ2v) is 7.61. The second kappa shape index (κ2) is 3.31. The molecular formula is C10H16S. The SMILES string of the molecule is CS(C)(C)C1=CCC=CC=C1. The Labute approximate surface area is 71.0 Å². The van der Waals surface area contributed by atoms with Crippen LogP contribution in [0.5, 0.6) is 0 Å². The van der Waals surface area contributed by atoms with E-state index in [0.717, 1.165) is 6.42 Å². The van der Waals surface area contributed by atoms with Crippen LogP contribution in [0.3, 0.4) is 0 Å². The summed E-state index contributed by atoms with van der Waals surface area (Å²) in [6.07, 6.45) is 19.1. The third kappa shape index (κ3) is 2.58. The molecule has 0 atom stereocenters. The first-order valence-electron chi connectivity index (χ1n) is 3.82. The molecule has 1 aliphatic rings. The molecule has 1 rings (SSSR count). The smallest absolute Gasteiger partial charge is 0.0143 e. The lowest BCUT2D eigenvalue weighted by Crippen LogP contribution is -1.93. The average Bonchev–Trinajstić information content (AvgIpc) is 2.10. The molecule has 0 spiro atoms. The largest absolute Gasteiger partial charge is 0.224 e. The third-order valence-corrected chi connectivity index (χ3v) is 3.39. The van der Waals surface area contributed by atoms with Crippen molar-refractivity contribution in [2.75, 3.05) is 18.8 Å². The molecule has 11 heavy (non-hydrogen) atoms. The Morgan fingerprint density at radius 3 is 2.55 bits per heavy atom. The molecule has 0 amide bonds. The zero-order chi connectivity index (χ0) is 8.32. The van der Waals surface area contributed by atoms with Crippen LogP contribution in [-0.4, -0.2) is 18.8 Å². The first-order chi connectivity index (χ1) is 5.11. The molecule has 62 valence electrons. The standard InChI is InChI=1S/C10H16S/c1-11(2,3)10-8-6-4-5-7-9-10/h4-6,8-9H,7H2,1-3H3. The summed E-state index contributed by atoms with van der Waals surface area (Å²) in [7, 11) is -0.515. The molecule has 0 bridgehead atoms. The van der Waals surface area contributed by atoms with Gasteiger partial charge in [0.1, 0.15) is 0 Å². The lowest BCUT2D eigenvalue weighted by molar-refractivity contribution is 1.40. The molecule has 0 unspecified atom stereocenters. The topological polar surface area (TPSA) is 0 Å². The molecule has 0 aliphatic heterocycles. The van der Waals surface area contributed by atoms with E-state index in [-0.39, 0.29) is 0 Å².